The third-order valence-corrected chi connectivity index (χ3v) is 4.65. The summed E-state index contributed by atoms with van der Waals surface area (Å²) in [6, 6.07) is 12.9. The van der Waals surface area contributed by atoms with E-state index >= 15 is 0 Å². The van der Waals surface area contributed by atoms with Crippen molar-refractivity contribution in [1.29, 1.82) is 0 Å². The third-order valence-electron chi connectivity index (χ3n) is 4.65. The number of methoxy groups -OCH3 is 2. The first-order chi connectivity index (χ1) is 12.2. The van der Waals surface area contributed by atoms with Crippen LogP contribution in [0, 0.1) is 5.82 Å². The molecule has 0 radical (unpaired) electrons. The minimum absolute atomic E-state index is 0.0558. The zero-order chi connectivity index (χ0) is 17.6. The highest BCUT2D eigenvalue weighted by Crippen LogP contribution is 2.35. The minimum atomic E-state index is -0.215. The SMILES string of the molecule is COc1ccc(C(c2ccc(F)cc2)N2CCCNCC2)cc1OC. The van der Waals surface area contributed by atoms with E-state index in [4.69, 9.17) is 9.47 Å². The predicted molar refractivity (Wildman–Crippen MR) is 96.8 cm³/mol. The van der Waals surface area contributed by atoms with Crippen molar-refractivity contribution in [2.45, 2.75) is 12.5 Å². The van der Waals surface area contributed by atoms with Crippen molar-refractivity contribution in [2.24, 2.45) is 0 Å². The Morgan fingerprint density at radius 1 is 0.920 bits per heavy atom. The van der Waals surface area contributed by atoms with Gasteiger partial charge in [-0.05, 0) is 48.4 Å². The third kappa shape index (κ3) is 4.11. The molecule has 134 valence electrons. The summed E-state index contributed by atoms with van der Waals surface area (Å²) in [6.07, 6.45) is 1.09. The van der Waals surface area contributed by atoms with Gasteiger partial charge in [0.25, 0.3) is 0 Å². The second kappa shape index (κ2) is 8.32. The summed E-state index contributed by atoms with van der Waals surface area (Å²) >= 11 is 0. The van der Waals surface area contributed by atoms with Gasteiger partial charge in [-0.2, -0.15) is 0 Å². The van der Waals surface area contributed by atoms with Gasteiger partial charge in [-0.3, -0.25) is 4.90 Å². The van der Waals surface area contributed by atoms with E-state index in [1.165, 1.54) is 12.1 Å². The van der Waals surface area contributed by atoms with Crippen molar-refractivity contribution in [3.63, 3.8) is 0 Å². The lowest BCUT2D eigenvalue weighted by molar-refractivity contribution is 0.240. The van der Waals surface area contributed by atoms with E-state index in [1.54, 1.807) is 14.2 Å². The molecule has 1 unspecified atom stereocenters. The molecule has 0 amide bonds. The lowest BCUT2D eigenvalue weighted by atomic mass is 9.96. The fourth-order valence-electron chi connectivity index (χ4n) is 3.41. The average molecular weight is 344 g/mol. The van der Waals surface area contributed by atoms with Gasteiger partial charge in [0, 0.05) is 19.6 Å². The van der Waals surface area contributed by atoms with Crippen molar-refractivity contribution in [2.75, 3.05) is 40.4 Å². The molecule has 2 aromatic carbocycles. The highest BCUT2D eigenvalue weighted by atomic mass is 19.1. The molecule has 3 rings (SSSR count). The van der Waals surface area contributed by atoms with E-state index in [-0.39, 0.29) is 11.9 Å². The summed E-state index contributed by atoms with van der Waals surface area (Å²) < 4.78 is 24.3. The van der Waals surface area contributed by atoms with Crippen LogP contribution in [0.3, 0.4) is 0 Å². The van der Waals surface area contributed by atoms with Gasteiger partial charge in [0.1, 0.15) is 5.82 Å². The van der Waals surface area contributed by atoms with Gasteiger partial charge in [-0.1, -0.05) is 18.2 Å². The van der Waals surface area contributed by atoms with E-state index in [0.29, 0.717) is 11.5 Å². The summed E-state index contributed by atoms with van der Waals surface area (Å²) in [4.78, 5) is 2.44. The maximum Gasteiger partial charge on any atom is 0.161 e. The van der Waals surface area contributed by atoms with Crippen molar-refractivity contribution < 1.29 is 13.9 Å². The number of hydrogen-bond donors (Lipinski definition) is 1. The van der Waals surface area contributed by atoms with E-state index in [1.807, 2.05) is 24.3 Å². The summed E-state index contributed by atoms with van der Waals surface area (Å²) in [5.74, 6) is 1.20. The van der Waals surface area contributed by atoms with Gasteiger partial charge >= 0.3 is 0 Å². The number of benzene rings is 2. The van der Waals surface area contributed by atoms with Gasteiger partial charge in [0.2, 0.25) is 0 Å². The van der Waals surface area contributed by atoms with Gasteiger partial charge in [-0.25, -0.2) is 4.39 Å². The zero-order valence-corrected chi connectivity index (χ0v) is 14.8. The fraction of sp³-hybridized carbons (Fsp3) is 0.400. The van der Waals surface area contributed by atoms with Crippen LogP contribution in [0.25, 0.3) is 0 Å². The van der Waals surface area contributed by atoms with Gasteiger partial charge in [0.05, 0.1) is 20.3 Å². The van der Waals surface area contributed by atoms with Crippen molar-refractivity contribution in [3.8, 4) is 11.5 Å². The molecule has 2 aromatic rings. The van der Waals surface area contributed by atoms with Gasteiger partial charge in [0.15, 0.2) is 11.5 Å². The summed E-state index contributed by atoms with van der Waals surface area (Å²) in [5.41, 5.74) is 2.20. The Hall–Kier alpha value is -2.11. The molecule has 1 fully saturated rings. The first-order valence-corrected chi connectivity index (χ1v) is 8.65. The maximum atomic E-state index is 13.4. The standard InChI is InChI=1S/C20H25FN2O2/c1-24-18-9-6-16(14-19(18)25-2)20(15-4-7-17(21)8-5-15)23-12-3-10-22-11-13-23/h4-9,14,20,22H,3,10-13H2,1-2H3. The second-order valence-corrected chi connectivity index (χ2v) is 6.21. The van der Waals surface area contributed by atoms with Gasteiger partial charge in [-0.15, -0.1) is 0 Å². The Kier molecular flexibility index (Phi) is 5.89. The molecule has 25 heavy (non-hydrogen) atoms. The van der Waals surface area contributed by atoms with E-state index in [0.717, 1.165) is 43.7 Å². The minimum Gasteiger partial charge on any atom is -0.493 e. The average Bonchev–Trinajstić information content (AvgIpc) is 2.92. The lowest BCUT2D eigenvalue weighted by Gasteiger charge is -2.31. The predicted octanol–water partition coefficient (Wildman–Crippen LogP) is 3.23. The van der Waals surface area contributed by atoms with E-state index in [9.17, 15) is 4.39 Å². The van der Waals surface area contributed by atoms with Crippen LogP contribution >= 0.6 is 0 Å². The maximum absolute atomic E-state index is 13.4. The molecule has 1 aliphatic rings. The van der Waals surface area contributed by atoms with E-state index < -0.39 is 0 Å². The number of rotatable bonds is 5. The molecule has 0 aromatic heterocycles. The summed E-state index contributed by atoms with van der Waals surface area (Å²) in [5, 5.41) is 3.44. The highest BCUT2D eigenvalue weighted by Gasteiger charge is 2.24. The summed E-state index contributed by atoms with van der Waals surface area (Å²) in [6.45, 7) is 3.91. The number of ether oxygens (including phenoxy) is 2. The van der Waals surface area contributed by atoms with E-state index in [2.05, 4.69) is 16.3 Å². The second-order valence-electron chi connectivity index (χ2n) is 6.21. The largest absolute Gasteiger partial charge is 0.493 e. The van der Waals surface area contributed by atoms with Crippen LogP contribution in [0.4, 0.5) is 4.39 Å². The molecule has 4 nitrogen and oxygen atoms in total. The Morgan fingerprint density at radius 3 is 2.36 bits per heavy atom. The molecule has 0 saturated carbocycles. The molecular weight excluding hydrogens is 319 g/mol. The van der Waals surface area contributed by atoms with Crippen LogP contribution in [0.1, 0.15) is 23.6 Å². The topological polar surface area (TPSA) is 33.7 Å². The van der Waals surface area contributed by atoms with Crippen molar-refractivity contribution in [1.82, 2.24) is 10.2 Å². The molecule has 1 aliphatic heterocycles. The number of nitrogens with zero attached hydrogens (tertiary/aromatic N) is 1. The van der Waals surface area contributed by atoms with Crippen LogP contribution < -0.4 is 14.8 Å². The molecule has 0 spiro atoms. The first-order valence-electron chi connectivity index (χ1n) is 8.65. The quantitative estimate of drug-likeness (QED) is 0.903. The Balaban J connectivity index is 2.02. The highest BCUT2D eigenvalue weighted by molar-refractivity contribution is 5.46. The monoisotopic (exact) mass is 344 g/mol. The lowest BCUT2D eigenvalue weighted by Crippen LogP contribution is -2.33. The molecule has 1 atom stereocenters. The van der Waals surface area contributed by atoms with Crippen LogP contribution in [-0.2, 0) is 0 Å². The fourth-order valence-corrected chi connectivity index (χ4v) is 3.41. The summed E-state index contributed by atoms with van der Waals surface area (Å²) in [7, 11) is 3.28. The number of halogens is 1. The van der Waals surface area contributed by atoms with Crippen LogP contribution in [-0.4, -0.2) is 45.3 Å². The Morgan fingerprint density at radius 2 is 1.64 bits per heavy atom. The zero-order valence-electron chi connectivity index (χ0n) is 14.8. The molecule has 1 N–H and O–H groups in total. The Bertz CT molecular complexity index is 683. The van der Waals surface area contributed by atoms with Crippen LogP contribution in [0.5, 0.6) is 11.5 Å². The van der Waals surface area contributed by atoms with Crippen LogP contribution in [0.2, 0.25) is 0 Å². The van der Waals surface area contributed by atoms with Crippen molar-refractivity contribution in [3.05, 3.63) is 59.4 Å². The first kappa shape index (κ1) is 17.7. The molecule has 0 bridgehead atoms. The molecule has 1 heterocycles. The molecule has 5 heteroatoms. The molecule has 0 aliphatic carbocycles. The number of hydrogen-bond acceptors (Lipinski definition) is 4. The Labute approximate surface area is 148 Å². The normalized spacial score (nSPS) is 16.9. The van der Waals surface area contributed by atoms with Crippen LogP contribution in [0.15, 0.2) is 42.5 Å². The smallest absolute Gasteiger partial charge is 0.161 e. The van der Waals surface area contributed by atoms with Gasteiger partial charge < -0.3 is 14.8 Å². The van der Waals surface area contributed by atoms with Crippen molar-refractivity contribution >= 4 is 0 Å². The molecule has 1 saturated heterocycles. The number of nitrogens with one attached hydrogen (secondary N) is 1. The molecular formula is C20H25FN2O2.